The van der Waals surface area contributed by atoms with Gasteiger partial charge >= 0.3 is 0 Å². The second-order valence-corrected chi connectivity index (χ2v) is 6.72. The zero-order chi connectivity index (χ0) is 14.2. The van der Waals surface area contributed by atoms with Crippen molar-refractivity contribution in [2.24, 2.45) is 17.8 Å². The van der Waals surface area contributed by atoms with E-state index in [1.807, 2.05) is 17.0 Å². The van der Waals surface area contributed by atoms with Gasteiger partial charge in [-0.1, -0.05) is 6.42 Å². The Balaban J connectivity index is 1.44. The molecule has 4 heteroatoms. The first-order valence-corrected chi connectivity index (χ1v) is 8.25. The Kier molecular flexibility index (Phi) is 3.49. The van der Waals surface area contributed by atoms with Crippen molar-refractivity contribution in [3.05, 3.63) is 24.2 Å². The van der Waals surface area contributed by atoms with E-state index < -0.39 is 0 Å². The monoisotopic (exact) mass is 289 g/mol. The molecule has 1 aromatic heterocycles. The third-order valence-electron chi connectivity index (χ3n) is 5.38. The molecule has 1 saturated heterocycles. The molecular weight excluding hydrogens is 266 g/mol. The van der Waals surface area contributed by atoms with Crippen LogP contribution < -0.4 is 0 Å². The first-order valence-electron chi connectivity index (χ1n) is 8.25. The summed E-state index contributed by atoms with van der Waals surface area (Å²) >= 11 is 0. The van der Waals surface area contributed by atoms with Crippen LogP contribution in [0.2, 0.25) is 0 Å². The van der Waals surface area contributed by atoms with Gasteiger partial charge in [-0.3, -0.25) is 4.79 Å². The Morgan fingerprint density at radius 2 is 2.10 bits per heavy atom. The summed E-state index contributed by atoms with van der Waals surface area (Å²) in [6.45, 7) is 2.14. The van der Waals surface area contributed by atoms with Crippen molar-refractivity contribution in [3.8, 4) is 0 Å². The van der Waals surface area contributed by atoms with Gasteiger partial charge in [-0.15, -0.1) is 0 Å². The van der Waals surface area contributed by atoms with Crippen LogP contribution in [0.1, 0.15) is 37.9 Å². The SMILES string of the molecule is O=C(C1[C@@H]2CCC[C@@H]12)N(Cc1ccco1)C[C@@H]1CCCO1. The van der Waals surface area contributed by atoms with Crippen LogP contribution in [0.5, 0.6) is 0 Å². The maximum Gasteiger partial charge on any atom is 0.226 e. The molecule has 3 fully saturated rings. The molecule has 21 heavy (non-hydrogen) atoms. The van der Waals surface area contributed by atoms with Crippen molar-refractivity contribution in [1.29, 1.82) is 0 Å². The maximum atomic E-state index is 12.9. The smallest absolute Gasteiger partial charge is 0.226 e. The van der Waals surface area contributed by atoms with E-state index in [2.05, 4.69) is 0 Å². The Morgan fingerprint density at radius 1 is 1.24 bits per heavy atom. The number of rotatable bonds is 5. The average molecular weight is 289 g/mol. The largest absolute Gasteiger partial charge is 0.467 e. The molecule has 2 saturated carbocycles. The zero-order valence-corrected chi connectivity index (χ0v) is 12.4. The van der Waals surface area contributed by atoms with Gasteiger partial charge in [0.25, 0.3) is 0 Å². The van der Waals surface area contributed by atoms with Gasteiger partial charge in [-0.25, -0.2) is 0 Å². The molecule has 2 aliphatic carbocycles. The van der Waals surface area contributed by atoms with Crippen LogP contribution in [-0.2, 0) is 16.1 Å². The van der Waals surface area contributed by atoms with Gasteiger partial charge in [0, 0.05) is 19.1 Å². The molecule has 0 N–H and O–H groups in total. The zero-order valence-electron chi connectivity index (χ0n) is 12.4. The fraction of sp³-hybridized carbons (Fsp3) is 0.706. The minimum absolute atomic E-state index is 0.211. The van der Waals surface area contributed by atoms with Crippen molar-refractivity contribution >= 4 is 5.91 Å². The van der Waals surface area contributed by atoms with Gasteiger partial charge in [0.15, 0.2) is 0 Å². The summed E-state index contributed by atoms with van der Waals surface area (Å²) in [6.07, 6.45) is 7.87. The topological polar surface area (TPSA) is 42.7 Å². The molecule has 0 unspecified atom stereocenters. The number of furan rings is 1. The van der Waals surface area contributed by atoms with Crippen molar-refractivity contribution in [1.82, 2.24) is 4.90 Å². The molecule has 2 heterocycles. The molecule has 0 aromatic carbocycles. The highest BCUT2D eigenvalue weighted by atomic mass is 16.5. The second-order valence-electron chi connectivity index (χ2n) is 6.72. The van der Waals surface area contributed by atoms with E-state index in [-0.39, 0.29) is 12.0 Å². The summed E-state index contributed by atoms with van der Waals surface area (Å²) in [5.41, 5.74) is 0. The Morgan fingerprint density at radius 3 is 2.76 bits per heavy atom. The fourth-order valence-corrected chi connectivity index (χ4v) is 4.26. The number of fused-ring (bicyclic) bond motifs is 1. The highest BCUT2D eigenvalue weighted by molar-refractivity contribution is 5.82. The van der Waals surface area contributed by atoms with Gasteiger partial charge in [0.1, 0.15) is 5.76 Å². The number of ether oxygens (including phenoxy) is 1. The Labute approximate surface area is 125 Å². The normalized spacial score (nSPS) is 33.9. The summed E-state index contributed by atoms with van der Waals surface area (Å²) in [5, 5.41) is 0. The molecule has 4 rings (SSSR count). The number of hydrogen-bond acceptors (Lipinski definition) is 3. The second kappa shape index (κ2) is 5.48. The molecule has 0 spiro atoms. The molecule has 4 nitrogen and oxygen atoms in total. The Bertz CT molecular complexity index is 482. The average Bonchev–Trinajstić information content (AvgIpc) is 3.05. The number of nitrogens with zero attached hydrogens (tertiary/aromatic N) is 1. The summed E-state index contributed by atoms with van der Waals surface area (Å²) in [6, 6.07) is 3.83. The minimum atomic E-state index is 0.211. The van der Waals surface area contributed by atoms with E-state index in [1.165, 1.54) is 19.3 Å². The number of carbonyl (C=O) groups is 1. The summed E-state index contributed by atoms with van der Waals surface area (Å²) in [7, 11) is 0. The molecular formula is C17H23NO3. The minimum Gasteiger partial charge on any atom is -0.467 e. The van der Waals surface area contributed by atoms with Crippen LogP contribution in [0.3, 0.4) is 0 Å². The van der Waals surface area contributed by atoms with Crippen LogP contribution in [-0.4, -0.2) is 30.1 Å². The van der Waals surface area contributed by atoms with Gasteiger partial charge in [-0.2, -0.15) is 0 Å². The van der Waals surface area contributed by atoms with Crippen molar-refractivity contribution in [2.45, 2.75) is 44.8 Å². The molecule has 1 aliphatic heterocycles. The molecule has 1 amide bonds. The van der Waals surface area contributed by atoms with Gasteiger partial charge in [0.2, 0.25) is 5.91 Å². The van der Waals surface area contributed by atoms with E-state index in [0.29, 0.717) is 24.3 Å². The molecule has 3 atom stereocenters. The van der Waals surface area contributed by atoms with Crippen molar-refractivity contribution < 1.29 is 13.9 Å². The number of hydrogen-bond donors (Lipinski definition) is 0. The maximum absolute atomic E-state index is 12.9. The quantitative estimate of drug-likeness (QED) is 0.837. The standard InChI is InChI=1S/C17H23NO3/c19-17(16-14-6-1-7-15(14)16)18(10-12-4-2-8-20-12)11-13-5-3-9-21-13/h2,4,8,13-16H,1,3,5-7,9-11H2/t13-,14+,15+/m0/s1. The fourth-order valence-electron chi connectivity index (χ4n) is 4.26. The van der Waals surface area contributed by atoms with E-state index in [4.69, 9.17) is 9.15 Å². The van der Waals surface area contributed by atoms with Gasteiger partial charge < -0.3 is 14.1 Å². The summed E-state index contributed by atoms with van der Waals surface area (Å²) in [4.78, 5) is 14.8. The number of carbonyl (C=O) groups excluding carboxylic acids is 1. The van der Waals surface area contributed by atoms with Gasteiger partial charge in [-0.05, 0) is 49.7 Å². The molecule has 0 radical (unpaired) electrons. The molecule has 114 valence electrons. The van der Waals surface area contributed by atoms with Crippen LogP contribution >= 0.6 is 0 Å². The van der Waals surface area contributed by atoms with Crippen molar-refractivity contribution in [2.75, 3.05) is 13.2 Å². The lowest BCUT2D eigenvalue weighted by Crippen LogP contribution is -2.38. The van der Waals surface area contributed by atoms with Crippen LogP contribution in [0, 0.1) is 17.8 Å². The van der Waals surface area contributed by atoms with E-state index in [1.54, 1.807) is 6.26 Å². The first kappa shape index (κ1) is 13.4. The molecule has 3 aliphatic rings. The van der Waals surface area contributed by atoms with Crippen LogP contribution in [0.25, 0.3) is 0 Å². The lowest BCUT2D eigenvalue weighted by Gasteiger charge is -2.25. The van der Waals surface area contributed by atoms with Crippen LogP contribution in [0.4, 0.5) is 0 Å². The summed E-state index contributed by atoms with van der Waals surface area (Å²) < 4.78 is 11.2. The Hall–Kier alpha value is -1.29. The number of amides is 1. The van der Waals surface area contributed by atoms with E-state index in [9.17, 15) is 4.79 Å². The van der Waals surface area contributed by atoms with Crippen molar-refractivity contribution in [3.63, 3.8) is 0 Å². The third-order valence-corrected chi connectivity index (χ3v) is 5.38. The highest BCUT2D eigenvalue weighted by Gasteiger charge is 2.57. The molecule has 0 bridgehead atoms. The molecule has 1 aromatic rings. The van der Waals surface area contributed by atoms with Gasteiger partial charge in [0.05, 0.1) is 18.9 Å². The predicted molar refractivity (Wildman–Crippen MR) is 77.4 cm³/mol. The highest BCUT2D eigenvalue weighted by Crippen LogP contribution is 2.58. The lowest BCUT2D eigenvalue weighted by molar-refractivity contribution is -0.136. The van der Waals surface area contributed by atoms with E-state index >= 15 is 0 Å². The lowest BCUT2D eigenvalue weighted by atomic mass is 10.1. The van der Waals surface area contributed by atoms with Crippen LogP contribution in [0.15, 0.2) is 22.8 Å². The third kappa shape index (κ3) is 2.61. The summed E-state index contributed by atoms with van der Waals surface area (Å²) in [5.74, 6) is 2.82. The van der Waals surface area contributed by atoms with E-state index in [0.717, 1.165) is 31.8 Å². The predicted octanol–water partition coefficient (Wildman–Crippen LogP) is 2.83. The first-order chi connectivity index (χ1) is 10.3.